The predicted molar refractivity (Wildman–Crippen MR) is 89.0 cm³/mol. The number of ether oxygens (including phenoxy) is 1. The monoisotopic (exact) mass is 354 g/mol. The summed E-state index contributed by atoms with van der Waals surface area (Å²) in [6, 6.07) is 2.83. The zero-order valence-electron chi connectivity index (χ0n) is 13.9. The van der Waals surface area contributed by atoms with E-state index in [4.69, 9.17) is 16.3 Å². The van der Waals surface area contributed by atoms with Gasteiger partial charge in [0.2, 0.25) is 0 Å². The number of carbonyl (C=O) groups excluding carboxylic acids is 2. The first-order valence-electron chi connectivity index (χ1n) is 7.80. The van der Waals surface area contributed by atoms with Crippen molar-refractivity contribution in [1.82, 2.24) is 10.2 Å². The average molecular weight is 355 g/mol. The summed E-state index contributed by atoms with van der Waals surface area (Å²) in [6.45, 7) is 3.80. The molecule has 0 aromatic heterocycles. The Morgan fingerprint density at radius 2 is 2.12 bits per heavy atom. The summed E-state index contributed by atoms with van der Waals surface area (Å²) in [5, 5.41) is 2.79. The molecule has 0 aliphatic carbocycles. The Morgan fingerprint density at radius 1 is 1.42 bits per heavy atom. The molecule has 0 saturated heterocycles. The van der Waals surface area contributed by atoms with Gasteiger partial charge in [-0.2, -0.15) is 0 Å². The summed E-state index contributed by atoms with van der Waals surface area (Å²) in [5.41, 5.74) is 0.800. The van der Waals surface area contributed by atoms with Crippen molar-refractivity contribution in [2.45, 2.75) is 32.7 Å². The van der Waals surface area contributed by atoms with E-state index in [1.807, 2.05) is 6.92 Å². The van der Waals surface area contributed by atoms with Crippen molar-refractivity contribution in [3.05, 3.63) is 45.9 Å². The van der Waals surface area contributed by atoms with E-state index in [1.54, 1.807) is 14.0 Å². The molecule has 2 rings (SSSR count). The largest absolute Gasteiger partial charge is 0.463 e. The lowest BCUT2D eigenvalue weighted by atomic mass is 9.92. The minimum atomic E-state index is -0.983. The lowest BCUT2D eigenvalue weighted by Gasteiger charge is -2.35. The maximum absolute atomic E-state index is 14.4. The van der Waals surface area contributed by atoms with Crippen LogP contribution < -0.4 is 5.32 Å². The Kier molecular flexibility index (Phi) is 5.83. The molecule has 5 nitrogen and oxygen atoms in total. The van der Waals surface area contributed by atoms with Crippen molar-refractivity contribution >= 4 is 23.6 Å². The van der Waals surface area contributed by atoms with Crippen LogP contribution in [0.25, 0.3) is 0 Å². The van der Waals surface area contributed by atoms with E-state index in [9.17, 15) is 14.0 Å². The molecule has 130 valence electrons. The van der Waals surface area contributed by atoms with Crippen LogP contribution in [-0.4, -0.2) is 30.6 Å². The first-order valence-corrected chi connectivity index (χ1v) is 8.18. The third-order valence-corrected chi connectivity index (χ3v) is 4.18. The first kappa shape index (κ1) is 18.3. The Bertz CT molecular complexity index is 670. The number of halogens is 2. The minimum Gasteiger partial charge on any atom is -0.463 e. The molecule has 1 aromatic rings. The molecule has 1 heterocycles. The fraction of sp³-hybridized carbons (Fsp3) is 0.412. The smallest absolute Gasteiger partial charge is 0.338 e. The number of benzene rings is 1. The maximum atomic E-state index is 14.4. The van der Waals surface area contributed by atoms with Crippen LogP contribution in [0.2, 0.25) is 5.02 Å². The van der Waals surface area contributed by atoms with Gasteiger partial charge >= 0.3 is 12.0 Å². The molecule has 1 atom stereocenters. The predicted octanol–water partition coefficient (Wildman–Crippen LogP) is 3.79. The highest BCUT2D eigenvalue weighted by Crippen LogP contribution is 2.37. The van der Waals surface area contributed by atoms with Gasteiger partial charge in [-0.1, -0.05) is 31.0 Å². The van der Waals surface area contributed by atoms with E-state index >= 15 is 0 Å². The van der Waals surface area contributed by atoms with Crippen LogP contribution >= 0.6 is 11.6 Å². The van der Waals surface area contributed by atoms with E-state index in [0.29, 0.717) is 18.5 Å². The molecule has 2 amide bonds. The highest BCUT2D eigenvalue weighted by molar-refractivity contribution is 6.31. The first-order chi connectivity index (χ1) is 11.4. The molecular formula is C17H20ClFN2O3. The van der Waals surface area contributed by atoms with Crippen LogP contribution in [0, 0.1) is 5.82 Å². The van der Waals surface area contributed by atoms with Crippen LogP contribution in [0.15, 0.2) is 29.5 Å². The Hall–Kier alpha value is -2.08. The average Bonchev–Trinajstić information content (AvgIpc) is 2.52. The summed E-state index contributed by atoms with van der Waals surface area (Å²) >= 11 is 6.14. The molecule has 0 fully saturated rings. The Balaban J connectivity index is 2.67. The zero-order chi connectivity index (χ0) is 17.9. The fourth-order valence-corrected chi connectivity index (χ4v) is 3.02. The molecule has 1 aliphatic heterocycles. The normalized spacial score (nSPS) is 17.8. The molecule has 0 saturated carbocycles. The molecule has 1 aliphatic rings. The number of carbonyl (C=O) groups is 2. The molecule has 0 bridgehead atoms. The van der Waals surface area contributed by atoms with E-state index in [0.717, 1.165) is 0 Å². The third kappa shape index (κ3) is 3.38. The minimum absolute atomic E-state index is 0.0669. The van der Waals surface area contributed by atoms with E-state index in [-0.39, 0.29) is 22.8 Å². The van der Waals surface area contributed by atoms with Crippen LogP contribution in [0.1, 0.15) is 38.3 Å². The van der Waals surface area contributed by atoms with Gasteiger partial charge in [-0.3, -0.25) is 0 Å². The topological polar surface area (TPSA) is 58.6 Å². The van der Waals surface area contributed by atoms with Gasteiger partial charge in [0.05, 0.1) is 18.2 Å². The molecule has 0 unspecified atom stereocenters. The number of amides is 2. The van der Waals surface area contributed by atoms with Gasteiger partial charge < -0.3 is 15.0 Å². The molecule has 0 radical (unpaired) electrons. The van der Waals surface area contributed by atoms with Gasteiger partial charge in [-0.25, -0.2) is 14.0 Å². The van der Waals surface area contributed by atoms with E-state index < -0.39 is 23.9 Å². The zero-order valence-corrected chi connectivity index (χ0v) is 14.6. The number of allylic oxidation sites excluding steroid dienone is 1. The molecule has 0 spiro atoms. The third-order valence-electron chi connectivity index (χ3n) is 3.85. The standard InChI is InChI=1S/C17H20ClFN2O3/c1-4-7-12-14(16(22)24-5-2)15(20-17(23)21(12)3)13-10(18)8-6-9-11(13)19/h6,8-9,15H,4-5,7H2,1-3H3,(H,20,23)/t15-/m1/s1. The number of esters is 1. The summed E-state index contributed by atoms with van der Waals surface area (Å²) in [7, 11) is 1.57. The second-order valence-corrected chi connectivity index (χ2v) is 5.81. The molecule has 24 heavy (non-hydrogen) atoms. The Morgan fingerprint density at radius 3 is 2.71 bits per heavy atom. The lowest BCUT2D eigenvalue weighted by Crippen LogP contribution is -2.47. The molecule has 1 N–H and O–H groups in total. The van der Waals surface area contributed by atoms with Gasteiger partial charge in [0.15, 0.2) is 0 Å². The van der Waals surface area contributed by atoms with E-state index in [2.05, 4.69) is 5.32 Å². The summed E-state index contributed by atoms with van der Waals surface area (Å²) in [6.07, 6.45) is 1.20. The number of hydrogen-bond acceptors (Lipinski definition) is 3. The van der Waals surface area contributed by atoms with Crippen LogP contribution in [0.5, 0.6) is 0 Å². The van der Waals surface area contributed by atoms with Crippen molar-refractivity contribution in [2.75, 3.05) is 13.7 Å². The van der Waals surface area contributed by atoms with Gasteiger partial charge in [0.1, 0.15) is 5.82 Å². The SMILES string of the molecule is CCCC1=C(C(=O)OCC)[C@@H](c2c(F)cccc2Cl)NC(=O)N1C. The summed E-state index contributed by atoms with van der Waals surface area (Å²) in [5.74, 6) is -1.17. The van der Waals surface area contributed by atoms with E-state index in [1.165, 1.54) is 23.1 Å². The van der Waals surface area contributed by atoms with Crippen LogP contribution in [-0.2, 0) is 9.53 Å². The van der Waals surface area contributed by atoms with Crippen molar-refractivity contribution in [2.24, 2.45) is 0 Å². The second-order valence-electron chi connectivity index (χ2n) is 5.41. The fourth-order valence-electron chi connectivity index (χ4n) is 2.75. The number of rotatable bonds is 5. The Labute approximate surface area is 145 Å². The second kappa shape index (κ2) is 7.66. The van der Waals surface area contributed by atoms with Crippen LogP contribution in [0.4, 0.5) is 9.18 Å². The number of hydrogen-bond donors (Lipinski definition) is 1. The van der Waals surface area contributed by atoms with Crippen molar-refractivity contribution in [3.8, 4) is 0 Å². The van der Waals surface area contributed by atoms with Gasteiger partial charge in [-0.15, -0.1) is 0 Å². The maximum Gasteiger partial charge on any atom is 0.338 e. The molecule has 1 aromatic carbocycles. The number of urea groups is 1. The van der Waals surface area contributed by atoms with Crippen molar-refractivity contribution < 1.29 is 18.7 Å². The number of nitrogens with one attached hydrogen (secondary N) is 1. The summed E-state index contributed by atoms with van der Waals surface area (Å²) < 4.78 is 19.5. The van der Waals surface area contributed by atoms with Crippen LogP contribution in [0.3, 0.4) is 0 Å². The van der Waals surface area contributed by atoms with Gasteiger partial charge in [-0.05, 0) is 25.5 Å². The quantitative estimate of drug-likeness (QED) is 0.818. The molecular weight excluding hydrogens is 335 g/mol. The summed E-state index contributed by atoms with van der Waals surface area (Å²) in [4.78, 5) is 26.2. The van der Waals surface area contributed by atoms with Gasteiger partial charge in [0.25, 0.3) is 0 Å². The molecule has 7 heteroatoms. The highest BCUT2D eigenvalue weighted by atomic mass is 35.5. The van der Waals surface area contributed by atoms with Gasteiger partial charge in [0, 0.05) is 23.3 Å². The highest BCUT2D eigenvalue weighted by Gasteiger charge is 2.38. The van der Waals surface area contributed by atoms with Crippen molar-refractivity contribution in [1.29, 1.82) is 0 Å². The lowest BCUT2D eigenvalue weighted by molar-refractivity contribution is -0.139. The van der Waals surface area contributed by atoms with Crippen molar-refractivity contribution in [3.63, 3.8) is 0 Å². The number of nitrogens with zero attached hydrogens (tertiary/aromatic N) is 1.